The van der Waals surface area contributed by atoms with Crippen molar-refractivity contribution in [3.05, 3.63) is 18.3 Å². The Hall–Kier alpha value is -1.82. The molecule has 1 aromatic rings. The second kappa shape index (κ2) is 5.66. The lowest BCUT2D eigenvalue weighted by atomic mass is 10.2. The van der Waals surface area contributed by atoms with E-state index in [1.54, 1.807) is 6.20 Å². The fourth-order valence-electron chi connectivity index (χ4n) is 2.72. The summed E-state index contributed by atoms with van der Waals surface area (Å²) in [4.78, 5) is 20.6. The molecular weight excluding hydrogens is 256 g/mol. The van der Waals surface area contributed by atoms with Gasteiger partial charge in [-0.05, 0) is 25.0 Å². The van der Waals surface area contributed by atoms with Gasteiger partial charge in [0.15, 0.2) is 0 Å². The SMILES string of the molecule is Nc1ccc(N2CCN(C(=O)C3CCCO3)CC2)nc1. The quantitative estimate of drug-likeness (QED) is 0.851. The van der Waals surface area contributed by atoms with E-state index in [1.807, 2.05) is 17.0 Å². The smallest absolute Gasteiger partial charge is 0.251 e. The topological polar surface area (TPSA) is 71.7 Å². The molecule has 1 aromatic heterocycles. The van der Waals surface area contributed by atoms with E-state index < -0.39 is 0 Å². The number of ether oxygens (including phenoxy) is 1. The highest BCUT2D eigenvalue weighted by Gasteiger charge is 2.30. The Kier molecular flexibility index (Phi) is 3.73. The highest BCUT2D eigenvalue weighted by atomic mass is 16.5. The summed E-state index contributed by atoms with van der Waals surface area (Å²) in [6.07, 6.45) is 3.31. The van der Waals surface area contributed by atoms with Crippen LogP contribution in [0.1, 0.15) is 12.8 Å². The maximum absolute atomic E-state index is 12.2. The number of nitrogen functional groups attached to an aromatic ring is 1. The minimum atomic E-state index is -0.212. The van der Waals surface area contributed by atoms with Gasteiger partial charge in [-0.3, -0.25) is 4.79 Å². The van der Waals surface area contributed by atoms with Crippen molar-refractivity contribution in [1.82, 2.24) is 9.88 Å². The molecule has 108 valence electrons. The van der Waals surface area contributed by atoms with Crippen molar-refractivity contribution in [2.24, 2.45) is 0 Å². The second-order valence-corrected chi connectivity index (χ2v) is 5.26. The summed E-state index contributed by atoms with van der Waals surface area (Å²) >= 11 is 0. The zero-order valence-corrected chi connectivity index (χ0v) is 11.5. The Labute approximate surface area is 118 Å². The number of anilines is 2. The molecule has 0 aliphatic carbocycles. The molecule has 2 fully saturated rings. The molecule has 0 saturated carbocycles. The fourth-order valence-corrected chi connectivity index (χ4v) is 2.72. The average molecular weight is 276 g/mol. The number of pyridine rings is 1. The number of nitrogens with two attached hydrogens (primary N) is 1. The number of nitrogens with zero attached hydrogens (tertiary/aromatic N) is 3. The molecule has 2 N–H and O–H groups in total. The summed E-state index contributed by atoms with van der Waals surface area (Å²) < 4.78 is 5.46. The Morgan fingerprint density at radius 3 is 2.70 bits per heavy atom. The molecule has 0 radical (unpaired) electrons. The molecule has 2 aliphatic heterocycles. The molecule has 0 spiro atoms. The number of amides is 1. The molecule has 2 saturated heterocycles. The highest BCUT2D eigenvalue weighted by Crippen LogP contribution is 2.18. The van der Waals surface area contributed by atoms with Crippen LogP contribution in [0, 0.1) is 0 Å². The summed E-state index contributed by atoms with van der Waals surface area (Å²) in [6.45, 7) is 3.77. The third-order valence-corrected chi connectivity index (χ3v) is 3.89. The summed E-state index contributed by atoms with van der Waals surface area (Å²) in [7, 11) is 0. The molecule has 3 rings (SSSR count). The summed E-state index contributed by atoms with van der Waals surface area (Å²) in [6, 6.07) is 3.78. The predicted octanol–water partition coefficient (Wildman–Crippen LogP) is 0.491. The van der Waals surface area contributed by atoms with Crippen molar-refractivity contribution < 1.29 is 9.53 Å². The van der Waals surface area contributed by atoms with Crippen LogP contribution in [0.2, 0.25) is 0 Å². The third-order valence-electron chi connectivity index (χ3n) is 3.89. The van der Waals surface area contributed by atoms with Crippen molar-refractivity contribution >= 4 is 17.4 Å². The second-order valence-electron chi connectivity index (χ2n) is 5.26. The van der Waals surface area contributed by atoms with Crippen LogP contribution in [-0.4, -0.2) is 54.7 Å². The van der Waals surface area contributed by atoms with Gasteiger partial charge in [-0.1, -0.05) is 0 Å². The summed E-state index contributed by atoms with van der Waals surface area (Å²) in [5.41, 5.74) is 6.31. The molecule has 1 unspecified atom stereocenters. The number of hydrogen-bond donors (Lipinski definition) is 1. The van der Waals surface area contributed by atoms with Crippen LogP contribution in [0.4, 0.5) is 11.5 Å². The van der Waals surface area contributed by atoms with Gasteiger partial charge in [0, 0.05) is 32.8 Å². The Morgan fingerprint density at radius 1 is 1.30 bits per heavy atom. The van der Waals surface area contributed by atoms with Gasteiger partial charge in [-0.2, -0.15) is 0 Å². The van der Waals surface area contributed by atoms with E-state index in [-0.39, 0.29) is 12.0 Å². The summed E-state index contributed by atoms with van der Waals surface area (Å²) in [5.74, 6) is 1.07. The van der Waals surface area contributed by atoms with E-state index in [4.69, 9.17) is 10.5 Å². The molecule has 0 bridgehead atoms. The number of carbonyl (C=O) groups is 1. The zero-order valence-electron chi connectivity index (χ0n) is 11.5. The van der Waals surface area contributed by atoms with Crippen molar-refractivity contribution in [1.29, 1.82) is 0 Å². The lowest BCUT2D eigenvalue weighted by Crippen LogP contribution is -2.51. The first-order valence-electron chi connectivity index (χ1n) is 7.11. The first-order valence-corrected chi connectivity index (χ1v) is 7.11. The molecule has 6 heteroatoms. The zero-order chi connectivity index (χ0) is 13.9. The van der Waals surface area contributed by atoms with Crippen LogP contribution in [0.15, 0.2) is 18.3 Å². The van der Waals surface area contributed by atoms with E-state index in [9.17, 15) is 4.79 Å². The van der Waals surface area contributed by atoms with E-state index in [0.29, 0.717) is 12.3 Å². The number of aromatic nitrogens is 1. The molecular formula is C14H20N4O2. The minimum Gasteiger partial charge on any atom is -0.397 e. The van der Waals surface area contributed by atoms with Crippen LogP contribution >= 0.6 is 0 Å². The Balaban J connectivity index is 1.56. The molecule has 20 heavy (non-hydrogen) atoms. The first-order chi connectivity index (χ1) is 9.74. The van der Waals surface area contributed by atoms with Crippen molar-refractivity contribution in [3.8, 4) is 0 Å². The first kappa shape index (κ1) is 13.2. The van der Waals surface area contributed by atoms with Crippen molar-refractivity contribution in [2.75, 3.05) is 43.4 Å². The van der Waals surface area contributed by atoms with E-state index in [1.165, 1.54) is 0 Å². The molecule has 3 heterocycles. The van der Waals surface area contributed by atoms with Crippen molar-refractivity contribution in [2.45, 2.75) is 18.9 Å². The predicted molar refractivity (Wildman–Crippen MR) is 76.4 cm³/mol. The average Bonchev–Trinajstić information content (AvgIpc) is 3.02. The van der Waals surface area contributed by atoms with Crippen LogP contribution < -0.4 is 10.6 Å². The van der Waals surface area contributed by atoms with Gasteiger partial charge in [0.25, 0.3) is 5.91 Å². The number of hydrogen-bond acceptors (Lipinski definition) is 5. The maximum Gasteiger partial charge on any atom is 0.251 e. The number of piperazine rings is 1. The van der Waals surface area contributed by atoms with Gasteiger partial charge in [-0.15, -0.1) is 0 Å². The minimum absolute atomic E-state index is 0.146. The number of rotatable bonds is 2. The molecule has 1 amide bonds. The van der Waals surface area contributed by atoms with Gasteiger partial charge in [-0.25, -0.2) is 4.98 Å². The normalized spacial score (nSPS) is 23.1. The van der Waals surface area contributed by atoms with Gasteiger partial charge in [0.2, 0.25) is 0 Å². The van der Waals surface area contributed by atoms with Crippen LogP contribution in [0.25, 0.3) is 0 Å². The van der Waals surface area contributed by atoms with Crippen LogP contribution in [0.5, 0.6) is 0 Å². The third kappa shape index (κ3) is 2.70. The van der Waals surface area contributed by atoms with Crippen LogP contribution in [0.3, 0.4) is 0 Å². The van der Waals surface area contributed by atoms with Crippen molar-refractivity contribution in [3.63, 3.8) is 0 Å². The fraction of sp³-hybridized carbons (Fsp3) is 0.571. The standard InChI is InChI=1S/C14H20N4O2/c15-11-3-4-13(16-10-11)17-5-7-18(8-6-17)14(19)12-2-1-9-20-12/h3-4,10,12H,1-2,5-9,15H2. The monoisotopic (exact) mass is 276 g/mol. The Bertz CT molecular complexity index is 463. The Morgan fingerprint density at radius 2 is 2.10 bits per heavy atom. The molecule has 2 aliphatic rings. The van der Waals surface area contributed by atoms with Gasteiger partial charge >= 0.3 is 0 Å². The lowest BCUT2D eigenvalue weighted by Gasteiger charge is -2.36. The van der Waals surface area contributed by atoms with Gasteiger partial charge < -0.3 is 20.3 Å². The number of carbonyl (C=O) groups excluding carboxylic acids is 1. The van der Waals surface area contributed by atoms with E-state index in [2.05, 4.69) is 9.88 Å². The van der Waals surface area contributed by atoms with E-state index in [0.717, 1.165) is 44.8 Å². The molecule has 0 aromatic carbocycles. The van der Waals surface area contributed by atoms with Gasteiger partial charge in [0.1, 0.15) is 11.9 Å². The largest absolute Gasteiger partial charge is 0.397 e. The maximum atomic E-state index is 12.2. The van der Waals surface area contributed by atoms with Crippen LogP contribution in [-0.2, 0) is 9.53 Å². The van der Waals surface area contributed by atoms with Gasteiger partial charge in [0.05, 0.1) is 11.9 Å². The molecule has 1 atom stereocenters. The molecule has 6 nitrogen and oxygen atoms in total. The van der Waals surface area contributed by atoms with E-state index >= 15 is 0 Å². The lowest BCUT2D eigenvalue weighted by molar-refractivity contribution is -0.141. The summed E-state index contributed by atoms with van der Waals surface area (Å²) in [5, 5.41) is 0. The highest BCUT2D eigenvalue weighted by molar-refractivity contribution is 5.81.